The molecule has 2 N–H and O–H groups in total. The highest BCUT2D eigenvalue weighted by atomic mass is 79.9. The molecule has 28 heavy (non-hydrogen) atoms. The van der Waals surface area contributed by atoms with Crippen LogP contribution in [0.4, 0.5) is 30.6 Å². The third kappa shape index (κ3) is 4.41. The van der Waals surface area contributed by atoms with Gasteiger partial charge in [0.05, 0.1) is 11.3 Å². The highest BCUT2D eigenvalue weighted by Gasteiger charge is 2.33. The number of aromatic nitrogens is 3. The summed E-state index contributed by atoms with van der Waals surface area (Å²) in [6, 6.07) is 9.64. The predicted octanol–water partition coefficient (Wildman–Crippen LogP) is 5.64. The van der Waals surface area contributed by atoms with E-state index in [1.807, 2.05) is 6.07 Å². The second kappa shape index (κ2) is 7.38. The summed E-state index contributed by atoms with van der Waals surface area (Å²) in [6.07, 6.45) is 0.972. The van der Waals surface area contributed by atoms with Gasteiger partial charge < -0.3 is 10.6 Å². The first kappa shape index (κ1) is 18.7. The molecule has 1 aliphatic carbocycles. The number of alkyl halides is 3. The molecule has 144 valence electrons. The highest BCUT2D eigenvalue weighted by molar-refractivity contribution is 9.10. The number of anilines is 3. The molecule has 2 heterocycles. The molecule has 0 amide bonds. The maximum absolute atomic E-state index is 13.2. The molecule has 0 spiro atoms. The van der Waals surface area contributed by atoms with Crippen molar-refractivity contribution in [3.05, 3.63) is 58.8 Å². The van der Waals surface area contributed by atoms with Crippen LogP contribution < -0.4 is 10.6 Å². The molecular weight excluding hydrogens is 435 g/mol. The fourth-order valence-electron chi connectivity index (χ4n) is 2.62. The smallest absolute Gasteiger partial charge is 0.351 e. The Morgan fingerprint density at radius 3 is 2.57 bits per heavy atom. The minimum Gasteiger partial charge on any atom is -0.351 e. The zero-order valence-electron chi connectivity index (χ0n) is 14.5. The molecule has 0 atom stereocenters. The number of hydrogen-bond donors (Lipinski definition) is 2. The Kier molecular flexibility index (Phi) is 4.92. The third-order valence-corrected chi connectivity index (χ3v) is 4.83. The molecule has 0 radical (unpaired) electrons. The summed E-state index contributed by atoms with van der Waals surface area (Å²) in [5.41, 5.74) is 0.944. The molecule has 1 saturated carbocycles. The summed E-state index contributed by atoms with van der Waals surface area (Å²) in [4.78, 5) is 13.0. The fraction of sp³-hybridized carbons (Fsp3) is 0.211. The minimum absolute atomic E-state index is 0.0135. The lowest BCUT2D eigenvalue weighted by atomic mass is 10.2. The number of pyridine rings is 1. The van der Waals surface area contributed by atoms with E-state index in [4.69, 9.17) is 0 Å². The first-order valence-corrected chi connectivity index (χ1v) is 9.37. The molecule has 1 aromatic carbocycles. The standard InChI is InChI=1S/C19H15BrF3N5/c20-15-6-5-13(8-14(15)19(21,22)23)25-17-9-16(11-2-1-7-24-10-11)27-18(28-17)26-12-3-4-12/h1-2,5-10,12H,3-4H2,(H2,25,26,27,28). The molecule has 0 bridgehead atoms. The predicted molar refractivity (Wildman–Crippen MR) is 104 cm³/mol. The number of nitrogens with zero attached hydrogens (tertiary/aromatic N) is 3. The van der Waals surface area contributed by atoms with Crippen molar-refractivity contribution in [2.24, 2.45) is 0 Å². The zero-order chi connectivity index (χ0) is 19.7. The van der Waals surface area contributed by atoms with Crippen LogP contribution in [-0.4, -0.2) is 21.0 Å². The van der Waals surface area contributed by atoms with Gasteiger partial charge in [-0.05, 0) is 43.2 Å². The van der Waals surface area contributed by atoms with Crippen LogP contribution in [0.2, 0.25) is 0 Å². The Morgan fingerprint density at radius 1 is 1.07 bits per heavy atom. The summed E-state index contributed by atoms with van der Waals surface area (Å²) in [7, 11) is 0. The Labute approximate surface area is 167 Å². The van der Waals surface area contributed by atoms with Gasteiger partial charge in [0.2, 0.25) is 5.95 Å². The molecule has 0 unspecified atom stereocenters. The number of rotatable bonds is 5. The average Bonchev–Trinajstić information content (AvgIpc) is 3.47. The van der Waals surface area contributed by atoms with Crippen LogP contribution in [0, 0.1) is 0 Å². The van der Waals surface area contributed by atoms with Gasteiger partial charge in [-0.25, -0.2) is 4.98 Å². The highest BCUT2D eigenvalue weighted by Crippen LogP contribution is 2.37. The number of benzene rings is 1. The van der Waals surface area contributed by atoms with Crippen molar-refractivity contribution in [3.8, 4) is 11.3 Å². The van der Waals surface area contributed by atoms with Crippen molar-refractivity contribution < 1.29 is 13.2 Å². The summed E-state index contributed by atoms with van der Waals surface area (Å²) in [5, 5.41) is 6.18. The maximum atomic E-state index is 13.2. The molecule has 2 aromatic heterocycles. The quantitative estimate of drug-likeness (QED) is 0.527. The Hall–Kier alpha value is -2.68. The molecule has 4 rings (SSSR count). The average molecular weight is 450 g/mol. The number of halogens is 4. The van der Waals surface area contributed by atoms with Crippen LogP contribution in [0.1, 0.15) is 18.4 Å². The van der Waals surface area contributed by atoms with Gasteiger partial charge in [0.1, 0.15) is 5.82 Å². The number of hydrogen-bond acceptors (Lipinski definition) is 5. The zero-order valence-corrected chi connectivity index (χ0v) is 16.0. The topological polar surface area (TPSA) is 62.7 Å². The molecular formula is C19H15BrF3N5. The molecule has 0 aliphatic heterocycles. The fourth-order valence-corrected chi connectivity index (χ4v) is 3.09. The van der Waals surface area contributed by atoms with E-state index in [2.05, 4.69) is 41.5 Å². The van der Waals surface area contributed by atoms with Crippen molar-refractivity contribution in [1.29, 1.82) is 0 Å². The second-order valence-electron chi connectivity index (χ2n) is 6.44. The van der Waals surface area contributed by atoms with E-state index in [-0.39, 0.29) is 10.2 Å². The van der Waals surface area contributed by atoms with E-state index >= 15 is 0 Å². The molecule has 1 aliphatic rings. The Morgan fingerprint density at radius 2 is 1.89 bits per heavy atom. The van der Waals surface area contributed by atoms with Gasteiger partial charge in [-0.15, -0.1) is 0 Å². The van der Waals surface area contributed by atoms with Gasteiger partial charge in [0, 0.05) is 40.2 Å². The molecule has 0 saturated heterocycles. The van der Waals surface area contributed by atoms with Crippen molar-refractivity contribution in [2.75, 3.05) is 10.6 Å². The Bertz CT molecular complexity index is 991. The summed E-state index contributed by atoms with van der Waals surface area (Å²) in [6.45, 7) is 0. The normalized spacial score (nSPS) is 14.0. The van der Waals surface area contributed by atoms with Gasteiger partial charge in [-0.3, -0.25) is 4.98 Å². The van der Waals surface area contributed by atoms with E-state index in [1.165, 1.54) is 6.07 Å². The molecule has 9 heteroatoms. The number of nitrogens with one attached hydrogen (secondary N) is 2. The summed E-state index contributed by atoms with van der Waals surface area (Å²) < 4.78 is 39.5. The van der Waals surface area contributed by atoms with Crippen molar-refractivity contribution in [3.63, 3.8) is 0 Å². The van der Waals surface area contributed by atoms with E-state index in [0.29, 0.717) is 23.5 Å². The lowest BCUT2D eigenvalue weighted by molar-refractivity contribution is -0.138. The lowest BCUT2D eigenvalue weighted by Gasteiger charge is -2.14. The van der Waals surface area contributed by atoms with E-state index < -0.39 is 11.7 Å². The van der Waals surface area contributed by atoms with Crippen LogP contribution in [0.25, 0.3) is 11.3 Å². The first-order valence-electron chi connectivity index (χ1n) is 8.58. The van der Waals surface area contributed by atoms with Gasteiger partial charge in [0.25, 0.3) is 0 Å². The van der Waals surface area contributed by atoms with Crippen LogP contribution in [-0.2, 0) is 6.18 Å². The lowest BCUT2D eigenvalue weighted by Crippen LogP contribution is -2.09. The van der Waals surface area contributed by atoms with Gasteiger partial charge in [-0.1, -0.05) is 15.9 Å². The molecule has 1 fully saturated rings. The SMILES string of the molecule is FC(F)(F)c1cc(Nc2cc(-c3cccnc3)nc(NC3CC3)n2)ccc1Br. The molecule has 5 nitrogen and oxygen atoms in total. The largest absolute Gasteiger partial charge is 0.417 e. The summed E-state index contributed by atoms with van der Waals surface area (Å²) >= 11 is 2.95. The minimum atomic E-state index is -4.46. The Balaban J connectivity index is 1.69. The maximum Gasteiger partial charge on any atom is 0.417 e. The third-order valence-electron chi connectivity index (χ3n) is 4.14. The van der Waals surface area contributed by atoms with Gasteiger partial charge >= 0.3 is 6.18 Å². The van der Waals surface area contributed by atoms with Gasteiger partial charge in [-0.2, -0.15) is 18.2 Å². The molecule has 3 aromatic rings. The van der Waals surface area contributed by atoms with Crippen LogP contribution in [0.3, 0.4) is 0 Å². The van der Waals surface area contributed by atoms with Crippen LogP contribution in [0.5, 0.6) is 0 Å². The van der Waals surface area contributed by atoms with Crippen molar-refractivity contribution in [1.82, 2.24) is 15.0 Å². The van der Waals surface area contributed by atoms with Crippen molar-refractivity contribution in [2.45, 2.75) is 25.1 Å². The van der Waals surface area contributed by atoms with E-state index in [9.17, 15) is 13.2 Å². The monoisotopic (exact) mass is 449 g/mol. The van der Waals surface area contributed by atoms with E-state index in [0.717, 1.165) is 24.5 Å². The van der Waals surface area contributed by atoms with E-state index in [1.54, 1.807) is 30.6 Å². The summed E-state index contributed by atoms with van der Waals surface area (Å²) in [5.74, 6) is 0.826. The van der Waals surface area contributed by atoms with Crippen LogP contribution in [0.15, 0.2) is 53.3 Å². The first-order chi connectivity index (χ1) is 13.4. The van der Waals surface area contributed by atoms with Crippen molar-refractivity contribution >= 4 is 33.4 Å². The second-order valence-corrected chi connectivity index (χ2v) is 7.29. The van der Waals surface area contributed by atoms with Gasteiger partial charge in [0.15, 0.2) is 0 Å². The van der Waals surface area contributed by atoms with Crippen LogP contribution >= 0.6 is 15.9 Å².